The van der Waals surface area contributed by atoms with Crippen LogP contribution in [0.15, 0.2) is 51.7 Å². The molecule has 5 nitrogen and oxygen atoms in total. The van der Waals surface area contributed by atoms with E-state index in [-0.39, 0.29) is 17.5 Å². The molecule has 1 aromatic heterocycles. The molecule has 5 heteroatoms. The molecule has 4 rings (SSSR count). The van der Waals surface area contributed by atoms with E-state index in [9.17, 15) is 9.59 Å². The summed E-state index contributed by atoms with van der Waals surface area (Å²) in [5, 5.41) is 10.1. The van der Waals surface area contributed by atoms with Gasteiger partial charge in [0.05, 0.1) is 22.8 Å². The normalized spacial score (nSPS) is 20.6. The molecule has 0 radical (unpaired) electrons. The fourth-order valence-corrected chi connectivity index (χ4v) is 3.48. The SMILES string of the molecule is O=c1c2ccccc2oc2ccc(O[C@H]3CC[C@@H](C(=O)O)CC3)cc12. The van der Waals surface area contributed by atoms with Crippen LogP contribution in [0.25, 0.3) is 21.9 Å². The molecular formula is C20H18O5. The Morgan fingerprint density at radius 2 is 1.72 bits per heavy atom. The van der Waals surface area contributed by atoms with Crippen LogP contribution in [0.5, 0.6) is 5.75 Å². The van der Waals surface area contributed by atoms with Crippen molar-refractivity contribution in [3.63, 3.8) is 0 Å². The van der Waals surface area contributed by atoms with E-state index in [0.717, 1.165) is 0 Å². The molecule has 0 atom stereocenters. The molecule has 3 aromatic rings. The van der Waals surface area contributed by atoms with Crippen molar-refractivity contribution < 1.29 is 19.1 Å². The minimum Gasteiger partial charge on any atom is -0.490 e. The molecule has 0 bridgehead atoms. The quantitative estimate of drug-likeness (QED) is 0.731. The minimum atomic E-state index is -0.728. The van der Waals surface area contributed by atoms with E-state index in [4.69, 9.17) is 14.3 Å². The fraction of sp³-hybridized carbons (Fsp3) is 0.300. The standard InChI is InChI=1S/C20H18O5/c21-19-15-3-1-2-4-17(15)25-18-10-9-14(11-16(18)19)24-13-7-5-12(6-8-13)20(22)23/h1-4,9-13H,5-8H2,(H,22,23)/t12-,13+. The van der Waals surface area contributed by atoms with Crippen molar-refractivity contribution in [3.05, 3.63) is 52.7 Å². The lowest BCUT2D eigenvalue weighted by atomic mass is 9.87. The summed E-state index contributed by atoms with van der Waals surface area (Å²) < 4.78 is 11.8. The van der Waals surface area contributed by atoms with Crippen molar-refractivity contribution in [2.45, 2.75) is 31.8 Å². The first kappa shape index (κ1) is 15.7. The van der Waals surface area contributed by atoms with Crippen LogP contribution >= 0.6 is 0 Å². The molecule has 1 aliphatic rings. The van der Waals surface area contributed by atoms with Crippen LogP contribution in [-0.4, -0.2) is 17.2 Å². The number of benzene rings is 2. The summed E-state index contributed by atoms with van der Waals surface area (Å²) in [7, 11) is 0. The first-order valence-electron chi connectivity index (χ1n) is 8.47. The number of carboxylic acid groups (broad SMARTS) is 1. The van der Waals surface area contributed by atoms with Crippen molar-refractivity contribution in [1.82, 2.24) is 0 Å². The molecule has 1 heterocycles. The molecule has 1 fully saturated rings. The first-order chi connectivity index (χ1) is 12.1. The lowest BCUT2D eigenvalue weighted by molar-refractivity contribution is -0.143. The largest absolute Gasteiger partial charge is 0.490 e. The zero-order chi connectivity index (χ0) is 17.4. The minimum absolute atomic E-state index is 0.0134. The smallest absolute Gasteiger partial charge is 0.306 e. The van der Waals surface area contributed by atoms with Gasteiger partial charge in [0, 0.05) is 0 Å². The highest BCUT2D eigenvalue weighted by Crippen LogP contribution is 2.29. The first-order valence-corrected chi connectivity index (χ1v) is 8.47. The van der Waals surface area contributed by atoms with E-state index in [2.05, 4.69) is 0 Å². The van der Waals surface area contributed by atoms with Crippen molar-refractivity contribution in [1.29, 1.82) is 0 Å². The molecule has 1 aliphatic carbocycles. The number of hydrogen-bond donors (Lipinski definition) is 1. The monoisotopic (exact) mass is 338 g/mol. The van der Waals surface area contributed by atoms with E-state index >= 15 is 0 Å². The Hall–Kier alpha value is -2.82. The van der Waals surface area contributed by atoms with Gasteiger partial charge in [0.25, 0.3) is 0 Å². The van der Waals surface area contributed by atoms with E-state index in [1.807, 2.05) is 12.1 Å². The summed E-state index contributed by atoms with van der Waals surface area (Å²) in [6, 6.07) is 12.4. The van der Waals surface area contributed by atoms with Gasteiger partial charge in [-0.25, -0.2) is 0 Å². The molecule has 128 valence electrons. The average molecular weight is 338 g/mol. The number of hydrogen-bond acceptors (Lipinski definition) is 4. The van der Waals surface area contributed by atoms with Gasteiger partial charge in [0.2, 0.25) is 5.43 Å². The molecule has 2 aromatic carbocycles. The Morgan fingerprint density at radius 1 is 1.00 bits per heavy atom. The predicted octanol–water partition coefficient (Wildman–Crippen LogP) is 3.97. The van der Waals surface area contributed by atoms with Gasteiger partial charge >= 0.3 is 5.97 Å². The highest BCUT2D eigenvalue weighted by molar-refractivity contribution is 5.90. The van der Waals surface area contributed by atoms with Crippen LogP contribution in [0, 0.1) is 5.92 Å². The second-order valence-corrected chi connectivity index (χ2v) is 6.52. The lowest BCUT2D eigenvalue weighted by Crippen LogP contribution is -2.27. The molecule has 0 unspecified atom stereocenters. The maximum Gasteiger partial charge on any atom is 0.306 e. The Labute approximate surface area is 143 Å². The zero-order valence-corrected chi connectivity index (χ0v) is 13.6. The molecule has 0 saturated heterocycles. The summed E-state index contributed by atoms with van der Waals surface area (Å²) in [6.45, 7) is 0. The lowest BCUT2D eigenvalue weighted by Gasteiger charge is -2.26. The molecule has 1 saturated carbocycles. The van der Waals surface area contributed by atoms with Crippen LogP contribution in [0.4, 0.5) is 0 Å². The van der Waals surface area contributed by atoms with Gasteiger partial charge in [0.1, 0.15) is 16.9 Å². The van der Waals surface area contributed by atoms with Crippen LogP contribution < -0.4 is 10.2 Å². The topological polar surface area (TPSA) is 76.7 Å². The summed E-state index contributed by atoms with van der Waals surface area (Å²) in [5.74, 6) is -0.377. The van der Waals surface area contributed by atoms with Gasteiger partial charge in [-0.3, -0.25) is 9.59 Å². The third-order valence-corrected chi connectivity index (χ3v) is 4.87. The van der Waals surface area contributed by atoms with Gasteiger partial charge < -0.3 is 14.3 Å². The van der Waals surface area contributed by atoms with E-state index in [0.29, 0.717) is 53.4 Å². The van der Waals surface area contributed by atoms with Gasteiger partial charge in [-0.05, 0) is 56.0 Å². The second kappa shape index (κ2) is 6.24. The maximum atomic E-state index is 12.7. The molecule has 0 amide bonds. The van der Waals surface area contributed by atoms with E-state index < -0.39 is 5.97 Å². The summed E-state index contributed by atoms with van der Waals surface area (Å²) in [4.78, 5) is 23.7. The Kier molecular flexibility index (Phi) is 3.92. The molecular weight excluding hydrogens is 320 g/mol. The van der Waals surface area contributed by atoms with Gasteiger partial charge in [-0.2, -0.15) is 0 Å². The van der Waals surface area contributed by atoms with E-state index in [1.165, 1.54) is 0 Å². The highest BCUT2D eigenvalue weighted by atomic mass is 16.5. The van der Waals surface area contributed by atoms with Crippen LogP contribution in [0.1, 0.15) is 25.7 Å². The van der Waals surface area contributed by atoms with Gasteiger partial charge in [0.15, 0.2) is 0 Å². The molecule has 0 aliphatic heterocycles. The number of carbonyl (C=O) groups is 1. The van der Waals surface area contributed by atoms with Crippen molar-refractivity contribution in [2.75, 3.05) is 0 Å². The molecule has 0 spiro atoms. The van der Waals surface area contributed by atoms with Crippen molar-refractivity contribution >= 4 is 27.9 Å². The van der Waals surface area contributed by atoms with Crippen molar-refractivity contribution in [3.8, 4) is 5.75 Å². The number of carboxylic acids is 1. The summed E-state index contributed by atoms with van der Waals surface area (Å²) >= 11 is 0. The number of ether oxygens (including phenoxy) is 1. The number of rotatable bonds is 3. The molecule has 1 N–H and O–H groups in total. The third kappa shape index (κ3) is 2.97. The second-order valence-electron chi connectivity index (χ2n) is 6.52. The Morgan fingerprint density at radius 3 is 2.48 bits per heavy atom. The predicted molar refractivity (Wildman–Crippen MR) is 94.0 cm³/mol. The highest BCUT2D eigenvalue weighted by Gasteiger charge is 2.27. The van der Waals surface area contributed by atoms with E-state index in [1.54, 1.807) is 30.3 Å². The van der Waals surface area contributed by atoms with Crippen LogP contribution in [-0.2, 0) is 4.79 Å². The fourth-order valence-electron chi connectivity index (χ4n) is 3.48. The number of para-hydroxylation sites is 1. The maximum absolute atomic E-state index is 12.7. The Bertz CT molecular complexity index is 996. The van der Waals surface area contributed by atoms with Crippen molar-refractivity contribution in [2.24, 2.45) is 5.92 Å². The van der Waals surface area contributed by atoms with Gasteiger partial charge in [-0.1, -0.05) is 12.1 Å². The van der Waals surface area contributed by atoms with Crippen LogP contribution in [0.2, 0.25) is 0 Å². The summed E-state index contributed by atoms with van der Waals surface area (Å²) in [5.41, 5.74) is 1.03. The zero-order valence-electron chi connectivity index (χ0n) is 13.6. The van der Waals surface area contributed by atoms with Crippen LogP contribution in [0.3, 0.4) is 0 Å². The Balaban J connectivity index is 1.61. The molecule has 25 heavy (non-hydrogen) atoms. The number of fused-ring (bicyclic) bond motifs is 2. The average Bonchev–Trinajstić information content (AvgIpc) is 2.63. The summed E-state index contributed by atoms with van der Waals surface area (Å²) in [6.07, 6.45) is 2.66. The number of aliphatic carboxylic acids is 1. The third-order valence-electron chi connectivity index (χ3n) is 4.87. The van der Waals surface area contributed by atoms with Gasteiger partial charge in [-0.15, -0.1) is 0 Å².